The molecule has 1 aromatic heterocycles. The van der Waals surface area contributed by atoms with Crippen LogP contribution in [-0.2, 0) is 16.6 Å². The zero-order valence-corrected chi connectivity index (χ0v) is 29.4. The van der Waals surface area contributed by atoms with E-state index in [2.05, 4.69) is 42.4 Å². The molecule has 46 heavy (non-hydrogen) atoms. The predicted molar refractivity (Wildman–Crippen MR) is 184 cm³/mol. The van der Waals surface area contributed by atoms with E-state index < -0.39 is 11.6 Å². The van der Waals surface area contributed by atoms with E-state index in [-0.39, 0.29) is 23.1 Å². The van der Waals surface area contributed by atoms with Gasteiger partial charge in [0, 0.05) is 38.6 Å². The van der Waals surface area contributed by atoms with Gasteiger partial charge in [0.2, 0.25) is 5.90 Å². The summed E-state index contributed by atoms with van der Waals surface area (Å²) in [4.78, 5) is 23.9. The SMILES string of the molecule is C=COc1c(F)ccc(F)c1C(C)CC.CC.CCC=NC1=C(C(C)C)CCN(C(=O)/C(=C\CC)OC(=NC)c2cnn(C)c2)C1. The number of hydrogen-bond donors (Lipinski definition) is 0. The number of amides is 1. The third-order valence-corrected chi connectivity index (χ3v) is 7.14. The molecule has 1 unspecified atom stereocenters. The summed E-state index contributed by atoms with van der Waals surface area (Å²) in [7, 11) is 3.47. The average molecular weight is 642 g/mol. The number of benzene rings is 1. The first-order chi connectivity index (χ1) is 22.0. The van der Waals surface area contributed by atoms with Crippen LogP contribution in [0.25, 0.3) is 0 Å². The van der Waals surface area contributed by atoms with Gasteiger partial charge < -0.3 is 14.4 Å². The number of aryl methyl sites for hydroxylation is 1. The maximum absolute atomic E-state index is 13.5. The lowest BCUT2D eigenvalue weighted by molar-refractivity contribution is -0.129. The quantitative estimate of drug-likeness (QED) is 0.106. The summed E-state index contributed by atoms with van der Waals surface area (Å²) in [6.07, 6.45) is 11.4. The van der Waals surface area contributed by atoms with Crippen LogP contribution in [-0.4, -0.2) is 52.8 Å². The van der Waals surface area contributed by atoms with Crippen molar-refractivity contribution < 1.29 is 23.0 Å². The number of rotatable bonds is 11. The van der Waals surface area contributed by atoms with E-state index in [0.29, 0.717) is 43.5 Å². The minimum Gasteiger partial charge on any atom is -0.462 e. The fourth-order valence-electron chi connectivity index (χ4n) is 4.68. The van der Waals surface area contributed by atoms with Crippen molar-refractivity contribution in [2.75, 3.05) is 20.1 Å². The van der Waals surface area contributed by atoms with Crippen LogP contribution in [0, 0.1) is 17.6 Å². The van der Waals surface area contributed by atoms with Gasteiger partial charge in [0.25, 0.3) is 5.91 Å². The predicted octanol–water partition coefficient (Wildman–Crippen LogP) is 8.76. The van der Waals surface area contributed by atoms with E-state index in [0.717, 1.165) is 42.5 Å². The standard InChI is InChI=1S/C22H33N5O2.C12H14F2O.C2H6/c1-7-9-20(29-21(23-5)17-13-25-26(6)14-17)22(28)27-12-10-18(16(3)4)19(15-27)24-11-8-2;1-4-8(3)11-9(13)6-7-10(14)12(11)15-5-2;1-2/h9,11,13-14,16H,7-8,10,12,15H2,1-6H3;5-8H,2,4H2,1,3H3;1-2H3/b20-9+,23-21?,24-11?;;. The number of aliphatic imine (C=N–C) groups is 2. The molecule has 10 heteroatoms. The molecule has 0 spiro atoms. The second-order valence-corrected chi connectivity index (χ2v) is 10.7. The highest BCUT2D eigenvalue weighted by molar-refractivity contribution is 6.00. The highest BCUT2D eigenvalue weighted by atomic mass is 19.1. The Labute approximate surface area is 274 Å². The number of nitrogens with zero attached hydrogens (tertiary/aromatic N) is 5. The third kappa shape index (κ3) is 11.4. The minimum atomic E-state index is -0.563. The molecule has 254 valence electrons. The first kappa shape index (κ1) is 39.9. The molecule has 2 aromatic rings. The van der Waals surface area contributed by atoms with Crippen molar-refractivity contribution in [2.24, 2.45) is 23.0 Å². The van der Waals surface area contributed by atoms with E-state index in [9.17, 15) is 13.6 Å². The van der Waals surface area contributed by atoms with Crippen LogP contribution in [0.4, 0.5) is 8.78 Å². The molecule has 2 heterocycles. The Balaban J connectivity index is 0.000000522. The van der Waals surface area contributed by atoms with E-state index in [1.165, 1.54) is 5.57 Å². The monoisotopic (exact) mass is 641 g/mol. The molecule has 1 aliphatic rings. The van der Waals surface area contributed by atoms with Crippen LogP contribution in [0.3, 0.4) is 0 Å². The van der Waals surface area contributed by atoms with Gasteiger partial charge >= 0.3 is 0 Å². The van der Waals surface area contributed by atoms with E-state index in [1.54, 1.807) is 24.0 Å². The topological polar surface area (TPSA) is 81.3 Å². The largest absolute Gasteiger partial charge is 0.462 e. The van der Waals surface area contributed by atoms with Crippen molar-refractivity contribution in [1.29, 1.82) is 0 Å². The lowest BCUT2D eigenvalue weighted by atomic mass is 9.94. The van der Waals surface area contributed by atoms with Crippen molar-refractivity contribution in [1.82, 2.24) is 14.7 Å². The smallest absolute Gasteiger partial charge is 0.289 e. The van der Waals surface area contributed by atoms with Gasteiger partial charge in [0.15, 0.2) is 17.3 Å². The highest BCUT2D eigenvalue weighted by Crippen LogP contribution is 2.33. The first-order valence-corrected chi connectivity index (χ1v) is 16.1. The molecule has 0 fully saturated rings. The van der Waals surface area contributed by atoms with Gasteiger partial charge in [0.05, 0.1) is 30.3 Å². The summed E-state index contributed by atoms with van der Waals surface area (Å²) < 4.78 is 39.4. The number of ether oxygens (including phenoxy) is 2. The molecular weight excluding hydrogens is 588 g/mol. The van der Waals surface area contributed by atoms with Crippen LogP contribution in [0.1, 0.15) is 98.1 Å². The number of halogens is 2. The summed E-state index contributed by atoms with van der Waals surface area (Å²) in [5.41, 5.74) is 3.33. The molecule has 3 rings (SSSR count). The van der Waals surface area contributed by atoms with Crippen molar-refractivity contribution in [3.63, 3.8) is 0 Å². The Hall–Kier alpha value is -4.08. The molecule has 0 N–H and O–H groups in total. The van der Waals surface area contributed by atoms with Gasteiger partial charge in [-0.1, -0.05) is 62.0 Å². The molecule has 8 nitrogen and oxygen atoms in total. The van der Waals surface area contributed by atoms with Gasteiger partial charge in [-0.3, -0.25) is 19.5 Å². The summed E-state index contributed by atoms with van der Waals surface area (Å²) in [6, 6.07) is 2.17. The van der Waals surface area contributed by atoms with Crippen molar-refractivity contribution in [3.05, 3.63) is 83.2 Å². The van der Waals surface area contributed by atoms with Gasteiger partial charge in [-0.2, -0.15) is 5.10 Å². The molecule has 0 saturated heterocycles. The number of carbonyl (C=O) groups is 1. The van der Waals surface area contributed by atoms with E-state index in [1.807, 2.05) is 59.0 Å². The van der Waals surface area contributed by atoms with Crippen LogP contribution in [0.15, 0.2) is 70.5 Å². The summed E-state index contributed by atoms with van der Waals surface area (Å²) in [5, 5.41) is 4.16. The molecular formula is C36H53F2N5O3. The minimum absolute atomic E-state index is 0.0562. The van der Waals surface area contributed by atoms with Crippen molar-refractivity contribution in [2.45, 2.75) is 87.0 Å². The third-order valence-electron chi connectivity index (χ3n) is 7.14. The van der Waals surface area contributed by atoms with Gasteiger partial charge in [-0.05, 0) is 61.3 Å². The maximum atomic E-state index is 13.5. The molecule has 1 amide bonds. The summed E-state index contributed by atoms with van der Waals surface area (Å²) in [5.74, 6) is -0.190. The normalized spacial score (nSPS) is 14.4. The van der Waals surface area contributed by atoms with Crippen molar-refractivity contribution in [3.8, 4) is 5.75 Å². The zero-order valence-electron chi connectivity index (χ0n) is 29.4. The molecule has 0 aliphatic carbocycles. The molecule has 1 aliphatic heterocycles. The first-order valence-electron chi connectivity index (χ1n) is 16.1. The van der Waals surface area contributed by atoms with Gasteiger partial charge in [-0.15, -0.1) is 0 Å². The fourth-order valence-corrected chi connectivity index (χ4v) is 4.68. The molecule has 1 aromatic carbocycles. The van der Waals surface area contributed by atoms with Crippen LogP contribution < -0.4 is 4.74 Å². The summed E-state index contributed by atoms with van der Waals surface area (Å²) in [6.45, 7) is 20.6. The van der Waals surface area contributed by atoms with Gasteiger partial charge in [0.1, 0.15) is 5.82 Å². The van der Waals surface area contributed by atoms with Crippen molar-refractivity contribution >= 4 is 18.0 Å². The summed E-state index contributed by atoms with van der Waals surface area (Å²) >= 11 is 0. The van der Waals surface area contributed by atoms with Crippen LogP contribution in [0.5, 0.6) is 5.75 Å². The lowest BCUT2D eigenvalue weighted by Gasteiger charge is -2.31. The van der Waals surface area contributed by atoms with Crippen LogP contribution in [0.2, 0.25) is 0 Å². The Morgan fingerprint density at radius 3 is 2.33 bits per heavy atom. The Morgan fingerprint density at radius 2 is 1.80 bits per heavy atom. The molecule has 0 radical (unpaired) electrons. The fraction of sp³-hybridized carbons (Fsp3) is 0.500. The highest BCUT2D eigenvalue weighted by Gasteiger charge is 2.28. The Bertz CT molecular complexity index is 1390. The van der Waals surface area contributed by atoms with Gasteiger partial charge in [-0.25, -0.2) is 8.78 Å². The maximum Gasteiger partial charge on any atom is 0.289 e. The second-order valence-electron chi connectivity index (χ2n) is 10.7. The molecule has 1 atom stereocenters. The second kappa shape index (κ2) is 20.9. The average Bonchev–Trinajstić information content (AvgIpc) is 3.50. The van der Waals surface area contributed by atoms with E-state index >= 15 is 0 Å². The number of carbonyl (C=O) groups excluding carboxylic acids is 1. The number of hydrogen-bond acceptors (Lipinski definition) is 6. The Morgan fingerprint density at radius 1 is 1.13 bits per heavy atom. The van der Waals surface area contributed by atoms with E-state index in [4.69, 9.17) is 9.47 Å². The zero-order chi connectivity index (χ0) is 34.8. The molecule has 0 saturated carbocycles. The lowest BCUT2D eigenvalue weighted by Crippen LogP contribution is -2.39. The number of aromatic nitrogens is 2. The molecule has 0 bridgehead atoms. The number of allylic oxidation sites excluding steroid dienone is 1. The van der Waals surface area contributed by atoms with Crippen LogP contribution >= 0.6 is 0 Å². The Kier molecular flexibility index (Phi) is 18.1.